The average molecular weight is 262 g/mol. The van der Waals surface area contributed by atoms with E-state index in [9.17, 15) is 23.2 Å². The van der Waals surface area contributed by atoms with Crippen molar-refractivity contribution in [3.8, 4) is 11.5 Å². The van der Waals surface area contributed by atoms with Gasteiger partial charge in [0.1, 0.15) is 21.6 Å². The summed E-state index contributed by atoms with van der Waals surface area (Å²) >= 11 is 0. The van der Waals surface area contributed by atoms with Crippen molar-refractivity contribution in [2.45, 2.75) is 4.90 Å². The smallest absolute Gasteiger partial charge is 0.744 e. The molecule has 0 amide bonds. The maximum atomic E-state index is 10.8. The van der Waals surface area contributed by atoms with Gasteiger partial charge in [-0.2, -0.15) is 0 Å². The molecule has 0 unspecified atom stereocenters. The summed E-state index contributed by atoms with van der Waals surface area (Å²) in [5.41, 5.74) is 0. The predicted molar refractivity (Wildman–Crippen MR) is 55.2 cm³/mol. The number of aromatic hydroxyl groups is 2. The summed E-state index contributed by atoms with van der Waals surface area (Å²) < 4.78 is 32.4. The number of benzene rings is 2. The van der Waals surface area contributed by atoms with Crippen LogP contribution in [0.1, 0.15) is 0 Å². The van der Waals surface area contributed by atoms with Crippen LogP contribution in [-0.2, 0) is 10.1 Å². The van der Waals surface area contributed by atoms with Crippen LogP contribution < -0.4 is 29.6 Å². The number of fused-ring (bicyclic) bond motifs is 1. The van der Waals surface area contributed by atoms with Crippen LogP contribution in [-0.4, -0.2) is 23.2 Å². The first-order chi connectivity index (χ1) is 7.38. The summed E-state index contributed by atoms with van der Waals surface area (Å²) in [7, 11) is -4.70. The molecule has 0 saturated carbocycles. The van der Waals surface area contributed by atoms with Gasteiger partial charge < -0.3 is 14.8 Å². The fraction of sp³-hybridized carbons (Fsp3) is 0. The second-order valence-corrected chi connectivity index (χ2v) is 4.65. The topological polar surface area (TPSA) is 97.7 Å². The summed E-state index contributed by atoms with van der Waals surface area (Å²) in [4.78, 5) is -0.661. The molecule has 2 aromatic rings. The molecule has 0 heterocycles. The number of phenols is 2. The molecule has 17 heavy (non-hydrogen) atoms. The predicted octanol–water partition coefficient (Wildman–Crippen LogP) is -1.84. The van der Waals surface area contributed by atoms with E-state index in [0.29, 0.717) is 10.8 Å². The van der Waals surface area contributed by atoms with Crippen molar-refractivity contribution in [1.82, 2.24) is 0 Å². The quantitative estimate of drug-likeness (QED) is 0.465. The Balaban J connectivity index is 0.00000144. The van der Waals surface area contributed by atoms with Crippen LogP contribution in [0.4, 0.5) is 0 Å². The van der Waals surface area contributed by atoms with E-state index in [1.54, 1.807) is 0 Å². The van der Waals surface area contributed by atoms with Crippen molar-refractivity contribution in [3.63, 3.8) is 0 Å². The van der Waals surface area contributed by atoms with Gasteiger partial charge in [0.15, 0.2) is 0 Å². The molecule has 0 fully saturated rings. The van der Waals surface area contributed by atoms with E-state index < -0.39 is 20.8 Å². The van der Waals surface area contributed by atoms with Gasteiger partial charge in [0.05, 0.1) is 4.90 Å². The largest absolute Gasteiger partial charge is 1.00 e. The second kappa shape index (κ2) is 4.83. The third-order valence-electron chi connectivity index (χ3n) is 2.17. The first-order valence-electron chi connectivity index (χ1n) is 4.29. The van der Waals surface area contributed by atoms with Crippen LogP contribution in [0.2, 0.25) is 0 Å². The zero-order valence-electron chi connectivity index (χ0n) is 8.91. The summed E-state index contributed by atoms with van der Waals surface area (Å²) in [6, 6.07) is 6.38. The Kier molecular flexibility index (Phi) is 4.06. The molecule has 5 nitrogen and oxygen atoms in total. The zero-order chi connectivity index (χ0) is 11.9. The van der Waals surface area contributed by atoms with Crippen molar-refractivity contribution >= 4 is 20.9 Å². The normalized spacial score (nSPS) is 11.1. The molecule has 0 aliphatic rings. The van der Waals surface area contributed by atoms with Crippen LogP contribution in [0, 0.1) is 0 Å². The molecule has 0 spiro atoms. The summed E-state index contributed by atoms with van der Waals surface area (Å²) in [6.07, 6.45) is 0. The van der Waals surface area contributed by atoms with Crippen LogP contribution in [0.15, 0.2) is 35.2 Å². The fourth-order valence-corrected chi connectivity index (χ4v) is 2.04. The fourth-order valence-electron chi connectivity index (χ4n) is 1.45. The molecule has 84 valence electrons. The molecular weight excluding hydrogens is 255 g/mol. The molecule has 0 aliphatic carbocycles. The van der Waals surface area contributed by atoms with Crippen LogP contribution in [0.5, 0.6) is 11.5 Å². The van der Waals surface area contributed by atoms with Gasteiger partial charge in [-0.05, 0) is 35.0 Å². The van der Waals surface area contributed by atoms with E-state index in [0.717, 1.165) is 12.1 Å². The van der Waals surface area contributed by atoms with Crippen molar-refractivity contribution in [2.24, 2.45) is 0 Å². The van der Waals surface area contributed by atoms with Crippen LogP contribution >= 0.6 is 0 Å². The van der Waals surface area contributed by atoms with Crippen LogP contribution in [0.3, 0.4) is 0 Å². The second-order valence-electron chi connectivity index (χ2n) is 3.31. The molecule has 0 atom stereocenters. The number of hydrogen-bond acceptors (Lipinski definition) is 5. The van der Waals surface area contributed by atoms with Gasteiger partial charge in [0.2, 0.25) is 0 Å². The first kappa shape index (κ1) is 14.3. The van der Waals surface area contributed by atoms with Crippen molar-refractivity contribution in [1.29, 1.82) is 0 Å². The number of rotatable bonds is 1. The minimum Gasteiger partial charge on any atom is -0.744 e. The van der Waals surface area contributed by atoms with Gasteiger partial charge in [-0.3, -0.25) is 0 Å². The van der Waals surface area contributed by atoms with E-state index in [1.807, 2.05) is 0 Å². The minimum absolute atomic E-state index is 0. The summed E-state index contributed by atoms with van der Waals surface area (Å²) in [6.45, 7) is 0. The Morgan fingerprint density at radius 2 is 1.65 bits per heavy atom. The minimum atomic E-state index is -4.70. The third kappa shape index (κ3) is 2.91. The summed E-state index contributed by atoms with van der Waals surface area (Å²) in [5.74, 6) is -0.627. The Hall–Kier alpha value is -0.790. The SMILES string of the molecule is O=S(=O)([O-])c1cc2ccc(O)cc2cc1O.[Na+]. The molecule has 0 aromatic heterocycles. The van der Waals surface area contributed by atoms with Gasteiger partial charge in [0.25, 0.3) is 0 Å². The third-order valence-corrected chi connectivity index (χ3v) is 3.04. The van der Waals surface area contributed by atoms with Crippen molar-refractivity contribution in [3.05, 3.63) is 30.3 Å². The molecule has 2 rings (SSSR count). The van der Waals surface area contributed by atoms with Gasteiger partial charge >= 0.3 is 29.6 Å². The molecule has 2 aromatic carbocycles. The average Bonchev–Trinajstić information content (AvgIpc) is 2.14. The Morgan fingerprint density at radius 3 is 2.24 bits per heavy atom. The van der Waals surface area contributed by atoms with Gasteiger partial charge in [-0.15, -0.1) is 0 Å². The molecular formula is C10H7NaO5S. The Morgan fingerprint density at radius 1 is 1.00 bits per heavy atom. The van der Waals surface area contributed by atoms with E-state index in [4.69, 9.17) is 0 Å². The standard InChI is InChI=1S/C10H8O5S.Na/c11-8-2-1-6-5-10(16(13,14)15)9(12)4-7(6)3-8;/h1-5,11-12H,(H,13,14,15);/q;+1/p-1. The first-order valence-corrected chi connectivity index (χ1v) is 5.70. The molecule has 7 heteroatoms. The Bertz CT molecular complexity index is 666. The van der Waals surface area contributed by atoms with Crippen LogP contribution in [0.25, 0.3) is 10.8 Å². The number of hydrogen-bond donors (Lipinski definition) is 2. The van der Waals surface area contributed by atoms with Gasteiger partial charge in [0, 0.05) is 0 Å². The monoisotopic (exact) mass is 262 g/mol. The van der Waals surface area contributed by atoms with Crippen molar-refractivity contribution < 1.29 is 52.7 Å². The van der Waals surface area contributed by atoms with E-state index in [-0.39, 0.29) is 35.3 Å². The molecule has 0 saturated heterocycles. The Labute approximate surface area is 120 Å². The molecule has 0 aliphatic heterocycles. The number of phenolic OH excluding ortho intramolecular Hbond substituents is 2. The zero-order valence-corrected chi connectivity index (χ0v) is 11.7. The maximum absolute atomic E-state index is 10.8. The van der Waals surface area contributed by atoms with E-state index in [1.165, 1.54) is 18.2 Å². The van der Waals surface area contributed by atoms with Crippen molar-refractivity contribution in [2.75, 3.05) is 0 Å². The molecule has 2 N–H and O–H groups in total. The molecule has 0 bridgehead atoms. The van der Waals surface area contributed by atoms with E-state index in [2.05, 4.69) is 0 Å². The maximum Gasteiger partial charge on any atom is 1.00 e. The summed E-state index contributed by atoms with van der Waals surface area (Å²) in [5, 5.41) is 19.5. The van der Waals surface area contributed by atoms with E-state index >= 15 is 0 Å². The molecule has 0 radical (unpaired) electrons. The van der Waals surface area contributed by atoms with Gasteiger partial charge in [-0.1, -0.05) is 6.07 Å². The van der Waals surface area contributed by atoms with Gasteiger partial charge in [-0.25, -0.2) is 8.42 Å².